The number of alkyl carbamates (subject to hydrolysis) is 1. The van der Waals surface area contributed by atoms with Gasteiger partial charge in [0.2, 0.25) is 11.8 Å². The molecule has 6 heterocycles. The van der Waals surface area contributed by atoms with Crippen LogP contribution in [0.15, 0.2) is 59.5 Å². The van der Waals surface area contributed by atoms with E-state index >= 15 is 4.39 Å². The third-order valence-electron chi connectivity index (χ3n) is 16.1. The van der Waals surface area contributed by atoms with Gasteiger partial charge in [0.05, 0.1) is 12.0 Å². The number of hydrogen-bond donors (Lipinski definition) is 1. The number of piperidine rings is 2. The molecule has 360 valence electrons. The average Bonchev–Trinajstić information content (AvgIpc) is 3.91. The Morgan fingerprint density at radius 1 is 0.864 bits per heavy atom. The highest BCUT2D eigenvalue weighted by Crippen LogP contribution is 2.51. The van der Waals surface area contributed by atoms with Crippen LogP contribution in [0.2, 0.25) is 0 Å². The van der Waals surface area contributed by atoms with E-state index in [9.17, 15) is 27.2 Å². The number of sulfone groups is 1. The molecule has 1 saturated carbocycles. The van der Waals surface area contributed by atoms with Crippen molar-refractivity contribution in [1.29, 1.82) is 0 Å². The lowest BCUT2D eigenvalue weighted by molar-refractivity contribution is -0.130. The number of benzene rings is 2. The number of likely N-dealkylation sites (tertiary alicyclic amines) is 5. The number of alkyl halides is 1. The van der Waals surface area contributed by atoms with Gasteiger partial charge >= 0.3 is 6.09 Å². The van der Waals surface area contributed by atoms with Crippen LogP contribution >= 0.6 is 0 Å². The summed E-state index contributed by atoms with van der Waals surface area (Å²) in [5.41, 5.74) is 2.00. The first-order valence-corrected chi connectivity index (χ1v) is 26.2. The number of halogens is 2. The summed E-state index contributed by atoms with van der Waals surface area (Å²) in [4.78, 5) is 51.8. The molecule has 2 aromatic carbocycles. The summed E-state index contributed by atoms with van der Waals surface area (Å²) in [6, 6.07) is 12.4. The molecule has 1 N–H and O–H groups in total. The quantitative estimate of drug-likeness (QED) is 0.224. The molecule has 0 bridgehead atoms. The third-order valence-corrected chi connectivity index (χ3v) is 18.3. The Bertz CT molecular complexity index is 2200. The molecule has 16 heteroatoms. The van der Waals surface area contributed by atoms with Gasteiger partial charge in [-0.3, -0.25) is 19.4 Å². The van der Waals surface area contributed by atoms with E-state index in [2.05, 4.69) is 20.0 Å². The number of anilines is 1. The molecule has 6 aliphatic heterocycles. The van der Waals surface area contributed by atoms with Crippen molar-refractivity contribution in [3.63, 3.8) is 0 Å². The van der Waals surface area contributed by atoms with Crippen LogP contribution in [-0.2, 0) is 36.1 Å². The Balaban J connectivity index is 0.842. The molecular weight excluding hydrogens is 865 g/mol. The summed E-state index contributed by atoms with van der Waals surface area (Å²) >= 11 is 0. The highest BCUT2D eigenvalue weighted by molar-refractivity contribution is 7.92. The second-order valence-corrected chi connectivity index (χ2v) is 22.5. The molecule has 13 nitrogen and oxygen atoms in total. The van der Waals surface area contributed by atoms with Gasteiger partial charge in [0, 0.05) is 108 Å². The smallest absolute Gasteiger partial charge is 0.407 e. The number of carbonyl (C=O) groups is 3. The first-order valence-electron chi connectivity index (χ1n) is 24.7. The van der Waals surface area contributed by atoms with Crippen molar-refractivity contribution in [2.45, 2.75) is 98.5 Å². The largest absolute Gasteiger partial charge is 0.453 e. The maximum Gasteiger partial charge on any atom is 0.407 e. The maximum atomic E-state index is 15.2. The van der Waals surface area contributed by atoms with Crippen molar-refractivity contribution < 1.29 is 36.3 Å². The van der Waals surface area contributed by atoms with Gasteiger partial charge in [0.15, 0.2) is 9.84 Å². The second-order valence-electron chi connectivity index (χ2n) is 20.4. The molecule has 2 aromatic rings. The zero-order valence-electron chi connectivity index (χ0n) is 38.6. The Kier molecular flexibility index (Phi) is 14.4. The van der Waals surface area contributed by atoms with Gasteiger partial charge in [0.1, 0.15) is 17.2 Å². The minimum Gasteiger partial charge on any atom is -0.453 e. The van der Waals surface area contributed by atoms with Crippen LogP contribution in [0.25, 0.3) is 0 Å². The van der Waals surface area contributed by atoms with Crippen LogP contribution in [0, 0.1) is 23.6 Å². The lowest BCUT2D eigenvalue weighted by Gasteiger charge is -2.52. The Morgan fingerprint density at radius 2 is 1.64 bits per heavy atom. The lowest BCUT2D eigenvalue weighted by atomic mass is 9.58. The van der Waals surface area contributed by atoms with Gasteiger partial charge in [0.25, 0.3) is 0 Å². The molecule has 0 radical (unpaired) electrons. The van der Waals surface area contributed by atoms with E-state index < -0.39 is 32.8 Å². The van der Waals surface area contributed by atoms with Crippen LogP contribution < -0.4 is 10.2 Å². The van der Waals surface area contributed by atoms with E-state index in [-0.39, 0.29) is 66.6 Å². The highest BCUT2D eigenvalue weighted by atomic mass is 32.2. The van der Waals surface area contributed by atoms with Gasteiger partial charge in [-0.15, -0.1) is 0 Å². The molecule has 0 aromatic heterocycles. The van der Waals surface area contributed by atoms with E-state index in [1.807, 2.05) is 34.1 Å². The van der Waals surface area contributed by atoms with Crippen LogP contribution in [-0.4, -0.2) is 167 Å². The monoisotopic (exact) mass is 933 g/mol. The molecule has 3 atom stereocenters. The number of ether oxygens (including phenoxy) is 1. The highest BCUT2D eigenvalue weighted by Gasteiger charge is 2.54. The Morgan fingerprint density at radius 3 is 2.33 bits per heavy atom. The predicted molar refractivity (Wildman–Crippen MR) is 249 cm³/mol. The molecule has 7 fully saturated rings. The molecule has 7 aliphatic rings. The number of hydrogen-bond acceptors (Lipinski definition) is 10. The first-order chi connectivity index (χ1) is 31.9. The standard InChI is InChI=1S/C50H69F2N7O6S/c1-65-49(62)53-45-12-6-11-44(45)50(35-57-22-8-14-47(57)60,39-9-5-10-40(51)26-39)38-17-23-55(24-18-38)27-36-28-58(29-36)42-15-16-46(37(25-42)30-56-31-41(52)32-56)66(63,64)43-33-59(34-43)48(61)13-7-21-54-19-3-2-4-20-54/h5,7,9-10,13,15-16,25-26,36,38,41,43-45H,2-4,6,8,11-12,14,17-24,27-35H2,1H3,(H,53,62)/b13-7+/t44-,45-,50?/m0/s1. The number of rotatable bonds is 16. The van der Waals surface area contributed by atoms with Crippen LogP contribution in [0.5, 0.6) is 0 Å². The predicted octanol–water partition coefficient (Wildman–Crippen LogP) is 5.24. The third kappa shape index (κ3) is 10.0. The van der Waals surface area contributed by atoms with E-state index in [1.165, 1.54) is 32.4 Å². The van der Waals surface area contributed by atoms with E-state index in [1.54, 1.807) is 29.2 Å². The van der Waals surface area contributed by atoms with E-state index in [0.717, 1.165) is 102 Å². The minimum atomic E-state index is -3.74. The van der Waals surface area contributed by atoms with Crippen molar-refractivity contribution >= 4 is 33.4 Å². The summed E-state index contributed by atoms with van der Waals surface area (Å²) in [5.74, 6) is 0.272. The van der Waals surface area contributed by atoms with Crippen LogP contribution in [0.1, 0.15) is 75.3 Å². The fourth-order valence-corrected chi connectivity index (χ4v) is 14.3. The minimum absolute atomic E-state index is 0.00317. The fraction of sp³-hybridized carbons (Fsp3) is 0.660. The van der Waals surface area contributed by atoms with Gasteiger partial charge in [-0.05, 0) is 124 Å². The van der Waals surface area contributed by atoms with E-state index in [4.69, 9.17) is 4.74 Å². The number of carbonyl (C=O) groups excluding carboxylic acids is 3. The number of amides is 3. The van der Waals surface area contributed by atoms with Gasteiger partial charge in [-0.2, -0.15) is 0 Å². The van der Waals surface area contributed by atoms with Crippen molar-refractivity contribution in [1.82, 2.24) is 29.8 Å². The molecule has 3 amide bonds. The summed E-state index contributed by atoms with van der Waals surface area (Å²) in [6.07, 6.45) is 11.4. The normalized spacial score (nSPS) is 25.5. The first kappa shape index (κ1) is 47.0. The van der Waals surface area contributed by atoms with Crippen molar-refractivity contribution in [3.05, 3.63) is 71.6 Å². The zero-order chi connectivity index (χ0) is 46.0. The zero-order valence-corrected chi connectivity index (χ0v) is 39.5. The Labute approximate surface area is 389 Å². The second kappa shape index (κ2) is 20.2. The topological polar surface area (TPSA) is 126 Å². The summed E-state index contributed by atoms with van der Waals surface area (Å²) in [5, 5.41) is 2.46. The van der Waals surface area contributed by atoms with Crippen molar-refractivity contribution in [3.8, 4) is 0 Å². The lowest BCUT2D eigenvalue weighted by Crippen LogP contribution is -2.58. The van der Waals surface area contributed by atoms with E-state index in [0.29, 0.717) is 37.5 Å². The number of nitrogens with zero attached hydrogens (tertiary/aromatic N) is 6. The maximum absolute atomic E-state index is 15.2. The number of methoxy groups -OCH3 is 1. The van der Waals surface area contributed by atoms with Gasteiger partial charge < -0.3 is 29.7 Å². The summed E-state index contributed by atoms with van der Waals surface area (Å²) in [7, 11) is -2.36. The number of nitrogens with one attached hydrogen (secondary N) is 1. The van der Waals surface area contributed by atoms with Gasteiger partial charge in [-0.25, -0.2) is 22.0 Å². The summed E-state index contributed by atoms with van der Waals surface area (Å²) in [6.45, 7) is 9.58. The molecule has 6 saturated heterocycles. The molecule has 66 heavy (non-hydrogen) atoms. The van der Waals surface area contributed by atoms with Crippen molar-refractivity contribution in [2.75, 3.05) is 104 Å². The molecule has 9 rings (SSSR count). The SMILES string of the molecule is COC(=O)N[C@H]1CCC[C@@H]1C(CN1CCCC1=O)(c1cccc(F)c1)C1CCN(CC2CN(c3ccc(S(=O)(=O)C4CN(C(=O)/C=C/CN5CCCCC5)C4)c(CN4CC(F)C4)c3)C2)CC1. The van der Waals surface area contributed by atoms with Gasteiger partial charge in [-0.1, -0.05) is 31.1 Å². The molecule has 1 aliphatic carbocycles. The van der Waals surface area contributed by atoms with Crippen molar-refractivity contribution in [2.24, 2.45) is 17.8 Å². The molecule has 0 spiro atoms. The molecule has 1 unspecified atom stereocenters. The molecular formula is C50H69F2N7O6S. The summed E-state index contributed by atoms with van der Waals surface area (Å²) < 4.78 is 62.5. The van der Waals surface area contributed by atoms with Crippen LogP contribution in [0.4, 0.5) is 19.3 Å². The average molecular weight is 934 g/mol. The van der Waals surface area contributed by atoms with Crippen LogP contribution in [0.3, 0.4) is 0 Å². The Hall–Kier alpha value is -4.12. The fourth-order valence-electron chi connectivity index (χ4n) is 12.5.